The summed E-state index contributed by atoms with van der Waals surface area (Å²) in [5.41, 5.74) is 3.75. The second-order valence-electron chi connectivity index (χ2n) is 6.99. The zero-order chi connectivity index (χ0) is 21.8. The van der Waals surface area contributed by atoms with Crippen molar-refractivity contribution < 1.29 is 14.3 Å². The maximum Gasteiger partial charge on any atom is 0.306 e. The van der Waals surface area contributed by atoms with Crippen molar-refractivity contribution >= 4 is 34.8 Å². The Morgan fingerprint density at radius 2 is 1.87 bits per heavy atom. The molecule has 0 atom stereocenters. The molecule has 0 fully saturated rings. The average Bonchev–Trinajstić information content (AvgIpc) is 3.31. The van der Waals surface area contributed by atoms with E-state index >= 15 is 0 Å². The van der Waals surface area contributed by atoms with Gasteiger partial charge in [0.15, 0.2) is 18.1 Å². The van der Waals surface area contributed by atoms with Crippen LogP contribution in [0.5, 0.6) is 0 Å². The molecule has 31 heavy (non-hydrogen) atoms. The Morgan fingerprint density at radius 1 is 1.13 bits per heavy atom. The molecule has 0 saturated carbocycles. The lowest BCUT2D eigenvalue weighted by Crippen LogP contribution is -2.21. The quantitative estimate of drug-likeness (QED) is 0.428. The Labute approximate surface area is 183 Å². The number of hydrogen-bond donors (Lipinski definition) is 2. The molecule has 2 N–H and O–H groups in total. The number of carbonyl (C=O) groups excluding carboxylic acids is 2. The van der Waals surface area contributed by atoms with E-state index in [0.29, 0.717) is 28.6 Å². The Bertz CT molecular complexity index is 1220. The lowest BCUT2D eigenvalue weighted by molar-refractivity contribution is -0.147. The molecule has 2 aromatic heterocycles. The number of anilines is 1. The van der Waals surface area contributed by atoms with Gasteiger partial charge in [-0.3, -0.25) is 14.7 Å². The largest absolute Gasteiger partial charge is 0.456 e. The van der Waals surface area contributed by atoms with Gasteiger partial charge in [0, 0.05) is 17.7 Å². The van der Waals surface area contributed by atoms with Gasteiger partial charge in [-0.25, -0.2) is 4.98 Å². The molecule has 0 aliphatic carbocycles. The number of amides is 1. The molecular weight excluding hydrogens is 418 g/mol. The van der Waals surface area contributed by atoms with Gasteiger partial charge in [-0.05, 0) is 43.2 Å². The third kappa shape index (κ3) is 4.92. The van der Waals surface area contributed by atoms with Crippen LogP contribution in [0.4, 0.5) is 5.69 Å². The highest BCUT2D eigenvalue weighted by atomic mass is 35.5. The number of halogens is 1. The summed E-state index contributed by atoms with van der Waals surface area (Å²) in [6.45, 7) is 1.51. The molecule has 0 saturated heterocycles. The minimum atomic E-state index is -0.412. The van der Waals surface area contributed by atoms with Crippen LogP contribution >= 0.6 is 11.6 Å². The van der Waals surface area contributed by atoms with Crippen molar-refractivity contribution in [2.45, 2.75) is 19.8 Å². The van der Waals surface area contributed by atoms with E-state index in [1.807, 2.05) is 37.3 Å². The van der Waals surface area contributed by atoms with E-state index < -0.39 is 11.9 Å². The molecule has 0 unspecified atom stereocenters. The minimum absolute atomic E-state index is 0.223. The fourth-order valence-corrected chi connectivity index (χ4v) is 3.20. The Balaban J connectivity index is 1.28. The molecule has 0 spiro atoms. The minimum Gasteiger partial charge on any atom is -0.456 e. The van der Waals surface area contributed by atoms with Gasteiger partial charge < -0.3 is 10.1 Å². The Hall–Kier alpha value is -3.65. The van der Waals surface area contributed by atoms with E-state index in [2.05, 4.69) is 20.5 Å². The highest BCUT2D eigenvalue weighted by Crippen LogP contribution is 2.24. The van der Waals surface area contributed by atoms with E-state index in [9.17, 15) is 9.59 Å². The van der Waals surface area contributed by atoms with Crippen LogP contribution in [-0.2, 0) is 20.7 Å². The van der Waals surface area contributed by atoms with E-state index in [1.54, 1.807) is 24.3 Å². The number of aryl methyl sites for hydroxylation is 2. The number of aromatic amines is 1. The summed E-state index contributed by atoms with van der Waals surface area (Å²) in [6, 6.07) is 16.7. The lowest BCUT2D eigenvalue weighted by Gasteiger charge is -2.07. The number of esters is 1. The summed E-state index contributed by atoms with van der Waals surface area (Å²) >= 11 is 6.19. The van der Waals surface area contributed by atoms with E-state index in [-0.39, 0.29) is 13.0 Å². The summed E-state index contributed by atoms with van der Waals surface area (Å²) in [5.74, 6) is -0.306. The molecule has 0 radical (unpaired) electrons. The number of ether oxygens (including phenoxy) is 1. The van der Waals surface area contributed by atoms with Gasteiger partial charge in [0.25, 0.3) is 5.91 Å². The number of benzene rings is 2. The molecule has 0 bridgehead atoms. The van der Waals surface area contributed by atoms with Gasteiger partial charge in [-0.1, -0.05) is 41.9 Å². The van der Waals surface area contributed by atoms with E-state index in [1.165, 1.54) is 4.63 Å². The SMILES string of the molecule is Cc1[nH]n2nc(-c3ccc(NC(=O)COC(=O)CCc4ccccc4)cc3)nc2c1Cl. The van der Waals surface area contributed by atoms with Gasteiger partial charge >= 0.3 is 5.97 Å². The normalized spacial score (nSPS) is 10.9. The van der Waals surface area contributed by atoms with Crippen LogP contribution in [-0.4, -0.2) is 38.3 Å². The predicted octanol–water partition coefficient (Wildman–Crippen LogP) is 3.80. The first-order valence-electron chi connectivity index (χ1n) is 9.70. The van der Waals surface area contributed by atoms with Crippen molar-refractivity contribution in [3.05, 3.63) is 70.9 Å². The molecule has 9 heteroatoms. The van der Waals surface area contributed by atoms with Crippen LogP contribution in [0, 0.1) is 6.92 Å². The van der Waals surface area contributed by atoms with Crippen molar-refractivity contribution in [2.24, 2.45) is 0 Å². The smallest absolute Gasteiger partial charge is 0.306 e. The van der Waals surface area contributed by atoms with Crippen LogP contribution in [0.1, 0.15) is 17.7 Å². The molecule has 1 amide bonds. The second kappa shape index (κ2) is 9.01. The first-order chi connectivity index (χ1) is 15.0. The van der Waals surface area contributed by atoms with Crippen molar-refractivity contribution in [3.8, 4) is 11.4 Å². The van der Waals surface area contributed by atoms with Crippen LogP contribution < -0.4 is 5.32 Å². The number of aromatic nitrogens is 4. The topological polar surface area (TPSA) is 101 Å². The zero-order valence-corrected chi connectivity index (χ0v) is 17.5. The lowest BCUT2D eigenvalue weighted by atomic mass is 10.1. The number of fused-ring (bicyclic) bond motifs is 1. The molecule has 4 aromatic rings. The van der Waals surface area contributed by atoms with Crippen molar-refractivity contribution in [2.75, 3.05) is 11.9 Å². The average molecular weight is 438 g/mol. The number of carbonyl (C=O) groups is 2. The van der Waals surface area contributed by atoms with Crippen molar-refractivity contribution in [1.82, 2.24) is 19.8 Å². The predicted molar refractivity (Wildman–Crippen MR) is 117 cm³/mol. The molecule has 8 nitrogen and oxygen atoms in total. The highest BCUT2D eigenvalue weighted by molar-refractivity contribution is 6.34. The molecule has 2 aromatic carbocycles. The molecule has 158 valence electrons. The standard InChI is InChI=1S/C22H20ClN5O3/c1-14-20(23)22-25-21(27-28(22)26-14)16-8-10-17(11-9-16)24-18(29)13-31-19(30)12-7-15-5-3-2-4-6-15/h2-6,8-11,26H,7,12-13H2,1H3,(H,24,29). The van der Waals surface area contributed by atoms with Gasteiger partial charge in [-0.15, -0.1) is 5.10 Å². The summed E-state index contributed by atoms with van der Waals surface area (Å²) in [6.07, 6.45) is 0.797. The summed E-state index contributed by atoms with van der Waals surface area (Å²) in [5, 5.41) is 10.6. The van der Waals surface area contributed by atoms with Gasteiger partial charge in [0.1, 0.15) is 5.02 Å². The monoisotopic (exact) mass is 437 g/mol. The third-order valence-corrected chi connectivity index (χ3v) is 5.11. The second-order valence-corrected chi connectivity index (χ2v) is 7.37. The van der Waals surface area contributed by atoms with Crippen molar-refractivity contribution in [3.63, 3.8) is 0 Å². The van der Waals surface area contributed by atoms with Gasteiger partial charge in [0.2, 0.25) is 0 Å². The van der Waals surface area contributed by atoms with Gasteiger partial charge in [0.05, 0.1) is 5.69 Å². The summed E-state index contributed by atoms with van der Waals surface area (Å²) < 4.78 is 6.57. The van der Waals surface area contributed by atoms with Crippen LogP contribution in [0.3, 0.4) is 0 Å². The molecule has 2 heterocycles. The first-order valence-corrected chi connectivity index (χ1v) is 10.1. The maximum atomic E-state index is 12.1. The van der Waals surface area contributed by atoms with Gasteiger partial charge in [-0.2, -0.15) is 4.63 Å². The number of nitrogens with zero attached hydrogens (tertiary/aromatic N) is 3. The number of nitrogens with one attached hydrogen (secondary N) is 2. The van der Waals surface area contributed by atoms with Crippen LogP contribution in [0.25, 0.3) is 17.0 Å². The third-order valence-electron chi connectivity index (χ3n) is 4.66. The first kappa shape index (κ1) is 20.6. The van der Waals surface area contributed by atoms with E-state index in [4.69, 9.17) is 16.3 Å². The Kier molecular flexibility index (Phi) is 5.99. The highest BCUT2D eigenvalue weighted by Gasteiger charge is 2.13. The zero-order valence-electron chi connectivity index (χ0n) is 16.8. The van der Waals surface area contributed by atoms with Crippen LogP contribution in [0.2, 0.25) is 5.02 Å². The van der Waals surface area contributed by atoms with Crippen molar-refractivity contribution in [1.29, 1.82) is 0 Å². The number of hydrogen-bond acceptors (Lipinski definition) is 5. The van der Waals surface area contributed by atoms with E-state index in [0.717, 1.165) is 16.8 Å². The maximum absolute atomic E-state index is 12.1. The fourth-order valence-electron chi connectivity index (χ4n) is 3.04. The molecule has 4 rings (SSSR count). The summed E-state index contributed by atoms with van der Waals surface area (Å²) in [4.78, 5) is 28.3. The fraction of sp³-hybridized carbons (Fsp3) is 0.182. The number of rotatable bonds is 7. The number of H-pyrrole nitrogens is 1. The molecular formula is C22H20ClN5O3. The molecule has 0 aliphatic heterocycles. The molecule has 0 aliphatic rings. The van der Waals surface area contributed by atoms with Crippen LogP contribution in [0.15, 0.2) is 54.6 Å². The summed E-state index contributed by atoms with van der Waals surface area (Å²) in [7, 11) is 0. The Morgan fingerprint density at radius 3 is 2.58 bits per heavy atom.